The third-order valence-electron chi connectivity index (χ3n) is 5.72. The highest BCUT2D eigenvalue weighted by Crippen LogP contribution is 2.20. The second-order valence-corrected chi connectivity index (χ2v) is 8.21. The van der Waals surface area contributed by atoms with Crippen LogP contribution >= 0.6 is 0 Å². The highest BCUT2D eigenvalue weighted by atomic mass is 16.5. The van der Waals surface area contributed by atoms with Gasteiger partial charge in [0.05, 0.1) is 32.3 Å². The van der Waals surface area contributed by atoms with Crippen molar-refractivity contribution in [1.82, 2.24) is 18.7 Å². The van der Waals surface area contributed by atoms with Crippen molar-refractivity contribution in [3.8, 4) is 11.4 Å². The number of aromatic nitrogens is 4. The first-order valence-corrected chi connectivity index (χ1v) is 10.9. The van der Waals surface area contributed by atoms with Gasteiger partial charge in [0.15, 0.2) is 11.2 Å². The van der Waals surface area contributed by atoms with Crippen LogP contribution in [0.4, 0.5) is 0 Å². The van der Waals surface area contributed by atoms with Gasteiger partial charge >= 0.3 is 5.69 Å². The number of hydrogen-bond acceptors (Lipinski definition) is 5. The Morgan fingerprint density at radius 1 is 1.03 bits per heavy atom. The van der Waals surface area contributed by atoms with Gasteiger partial charge in [0.2, 0.25) is 0 Å². The van der Waals surface area contributed by atoms with E-state index >= 15 is 0 Å². The molecule has 0 saturated heterocycles. The van der Waals surface area contributed by atoms with E-state index < -0.39 is 5.69 Å². The number of hydrogen-bond donors (Lipinski definition) is 0. The Morgan fingerprint density at radius 3 is 2.45 bits per heavy atom. The molecule has 8 nitrogen and oxygen atoms in total. The van der Waals surface area contributed by atoms with Gasteiger partial charge < -0.3 is 14.0 Å². The molecule has 2 heterocycles. The van der Waals surface area contributed by atoms with Gasteiger partial charge in [-0.05, 0) is 41.3 Å². The van der Waals surface area contributed by atoms with Gasteiger partial charge in [-0.25, -0.2) is 14.3 Å². The molecule has 0 radical (unpaired) electrons. The molecule has 2 aromatic heterocycles. The fourth-order valence-electron chi connectivity index (χ4n) is 3.89. The minimum atomic E-state index is -0.437. The number of benzene rings is 2. The Kier molecular flexibility index (Phi) is 6.46. The minimum absolute atomic E-state index is 0.151. The van der Waals surface area contributed by atoms with Gasteiger partial charge in [-0.15, -0.1) is 0 Å². The maximum atomic E-state index is 13.4. The lowest BCUT2D eigenvalue weighted by Crippen LogP contribution is -2.41. The van der Waals surface area contributed by atoms with E-state index in [9.17, 15) is 9.59 Å². The lowest BCUT2D eigenvalue weighted by atomic mass is 10.0. The van der Waals surface area contributed by atoms with Crippen LogP contribution in [0.15, 0.2) is 64.4 Å². The molecule has 0 amide bonds. The third kappa shape index (κ3) is 4.34. The van der Waals surface area contributed by atoms with Crippen molar-refractivity contribution < 1.29 is 9.47 Å². The zero-order chi connectivity index (χ0) is 23.5. The first kappa shape index (κ1) is 22.5. The van der Waals surface area contributed by atoms with Crippen LogP contribution in [0.5, 0.6) is 5.75 Å². The summed E-state index contributed by atoms with van der Waals surface area (Å²) in [5.74, 6) is 1.10. The SMILES string of the molecule is COCCn1c(=O)c2c(ncn2Cc2cccc(OC)c2)n(-c2ccc(C(C)C)cc2)c1=O. The molecule has 0 N–H and O–H groups in total. The molecular weight excluding hydrogens is 420 g/mol. The Hall–Kier alpha value is -3.65. The summed E-state index contributed by atoms with van der Waals surface area (Å²) in [6.45, 7) is 5.04. The second-order valence-electron chi connectivity index (χ2n) is 8.21. The standard InChI is InChI=1S/C25H28N4O4/c1-17(2)19-8-10-20(11-9-19)29-23-22(24(30)28(25(29)31)12-13-32-3)27(16-26-23)15-18-6-5-7-21(14-18)33-4/h5-11,14,16-17H,12-13,15H2,1-4H3. The number of methoxy groups -OCH3 is 2. The lowest BCUT2D eigenvalue weighted by Gasteiger charge is -2.14. The molecule has 4 rings (SSSR count). The van der Waals surface area contributed by atoms with Crippen LogP contribution in [-0.2, 0) is 17.8 Å². The fraction of sp³-hybridized carbons (Fsp3) is 0.320. The quantitative estimate of drug-likeness (QED) is 0.414. The van der Waals surface area contributed by atoms with Crippen molar-refractivity contribution >= 4 is 11.2 Å². The Balaban J connectivity index is 1.92. The number of nitrogens with zero attached hydrogens (tertiary/aromatic N) is 4. The van der Waals surface area contributed by atoms with Crippen molar-refractivity contribution in [3.63, 3.8) is 0 Å². The molecule has 0 fully saturated rings. The highest BCUT2D eigenvalue weighted by molar-refractivity contribution is 5.72. The third-order valence-corrected chi connectivity index (χ3v) is 5.72. The van der Waals surface area contributed by atoms with E-state index in [1.54, 1.807) is 25.1 Å². The molecule has 2 aromatic carbocycles. The summed E-state index contributed by atoms with van der Waals surface area (Å²) in [6, 6.07) is 15.4. The van der Waals surface area contributed by atoms with Gasteiger partial charge in [0.25, 0.3) is 5.56 Å². The van der Waals surface area contributed by atoms with Crippen LogP contribution in [0.25, 0.3) is 16.9 Å². The first-order chi connectivity index (χ1) is 15.9. The molecule has 0 spiro atoms. The molecule has 0 aliphatic carbocycles. The summed E-state index contributed by atoms with van der Waals surface area (Å²) in [5.41, 5.74) is 2.65. The minimum Gasteiger partial charge on any atom is -0.497 e. The number of imidazole rings is 1. The molecule has 0 aliphatic heterocycles. The highest BCUT2D eigenvalue weighted by Gasteiger charge is 2.19. The molecule has 172 valence electrons. The maximum Gasteiger partial charge on any atom is 0.337 e. The Morgan fingerprint density at radius 2 is 1.79 bits per heavy atom. The molecule has 0 atom stereocenters. The number of rotatable bonds is 8. The fourth-order valence-corrected chi connectivity index (χ4v) is 3.89. The van der Waals surface area contributed by atoms with Crippen LogP contribution in [-0.4, -0.2) is 39.5 Å². The van der Waals surface area contributed by atoms with Gasteiger partial charge in [-0.3, -0.25) is 9.36 Å². The zero-order valence-corrected chi connectivity index (χ0v) is 19.3. The van der Waals surface area contributed by atoms with E-state index in [1.807, 2.05) is 48.5 Å². The predicted molar refractivity (Wildman–Crippen MR) is 128 cm³/mol. The van der Waals surface area contributed by atoms with E-state index in [2.05, 4.69) is 18.8 Å². The molecule has 4 aromatic rings. The van der Waals surface area contributed by atoms with Crippen LogP contribution in [0, 0.1) is 0 Å². The van der Waals surface area contributed by atoms with E-state index in [0.717, 1.165) is 11.3 Å². The average molecular weight is 449 g/mol. The topological polar surface area (TPSA) is 80.3 Å². The number of ether oxygens (including phenoxy) is 2. The van der Waals surface area contributed by atoms with Gasteiger partial charge in [0.1, 0.15) is 5.75 Å². The number of fused-ring (bicyclic) bond motifs is 1. The molecule has 8 heteroatoms. The smallest absolute Gasteiger partial charge is 0.337 e. The van der Waals surface area contributed by atoms with E-state index in [4.69, 9.17) is 9.47 Å². The van der Waals surface area contributed by atoms with Crippen LogP contribution in [0.1, 0.15) is 30.9 Å². The Bertz CT molecular complexity index is 1380. The Labute approximate surface area is 191 Å². The summed E-state index contributed by atoms with van der Waals surface area (Å²) in [4.78, 5) is 31.3. The summed E-state index contributed by atoms with van der Waals surface area (Å²) in [7, 11) is 3.16. The van der Waals surface area contributed by atoms with Gasteiger partial charge in [-0.2, -0.15) is 0 Å². The molecular formula is C25H28N4O4. The van der Waals surface area contributed by atoms with E-state index in [1.165, 1.54) is 14.7 Å². The lowest BCUT2D eigenvalue weighted by molar-refractivity contribution is 0.184. The molecule has 0 unspecified atom stereocenters. The zero-order valence-electron chi connectivity index (χ0n) is 19.3. The largest absolute Gasteiger partial charge is 0.497 e. The average Bonchev–Trinajstić information content (AvgIpc) is 3.22. The van der Waals surface area contributed by atoms with Crippen molar-refractivity contribution in [3.05, 3.63) is 86.8 Å². The van der Waals surface area contributed by atoms with Crippen LogP contribution < -0.4 is 16.0 Å². The van der Waals surface area contributed by atoms with Crippen LogP contribution in [0.3, 0.4) is 0 Å². The summed E-state index contributed by atoms with van der Waals surface area (Å²) >= 11 is 0. The maximum absolute atomic E-state index is 13.4. The molecule has 0 bridgehead atoms. The van der Waals surface area contributed by atoms with Gasteiger partial charge in [0, 0.05) is 13.7 Å². The summed E-state index contributed by atoms with van der Waals surface area (Å²) < 4.78 is 14.9. The summed E-state index contributed by atoms with van der Waals surface area (Å²) in [5, 5.41) is 0. The van der Waals surface area contributed by atoms with E-state index in [0.29, 0.717) is 29.3 Å². The van der Waals surface area contributed by atoms with Crippen LogP contribution in [0.2, 0.25) is 0 Å². The second kappa shape index (κ2) is 9.46. The predicted octanol–water partition coefficient (Wildman–Crippen LogP) is 3.18. The molecule has 0 saturated carbocycles. The summed E-state index contributed by atoms with van der Waals surface area (Å²) in [6.07, 6.45) is 1.60. The monoisotopic (exact) mass is 448 g/mol. The normalized spacial score (nSPS) is 11.4. The van der Waals surface area contributed by atoms with Crippen molar-refractivity contribution in [2.45, 2.75) is 32.9 Å². The van der Waals surface area contributed by atoms with Crippen molar-refractivity contribution in [2.24, 2.45) is 0 Å². The first-order valence-electron chi connectivity index (χ1n) is 10.9. The van der Waals surface area contributed by atoms with Crippen molar-refractivity contribution in [1.29, 1.82) is 0 Å². The van der Waals surface area contributed by atoms with Gasteiger partial charge in [-0.1, -0.05) is 38.1 Å². The molecule has 33 heavy (non-hydrogen) atoms. The molecule has 0 aliphatic rings. The van der Waals surface area contributed by atoms with E-state index in [-0.39, 0.29) is 18.7 Å². The van der Waals surface area contributed by atoms with Crippen molar-refractivity contribution in [2.75, 3.05) is 20.8 Å².